The standard InChI is InChI=1S/C23H25ClFN7O3S/c1-36(34,35)32-9-2-8-31(15-32)10-6-23(33)29-22-13-17(5-7-26-22)28-18-12-21(30-27-14-18)19-11-16(24)3-4-20(19)25/h3-5,7,11-14H,2,6,8-10,15H2,1H3,(H2,26,28,29,30,33). The zero-order chi connectivity index (χ0) is 25.7. The van der Waals surface area contributed by atoms with E-state index in [0.717, 1.165) is 13.0 Å². The van der Waals surface area contributed by atoms with E-state index in [4.69, 9.17) is 11.6 Å². The van der Waals surface area contributed by atoms with Crippen molar-refractivity contribution in [2.24, 2.45) is 0 Å². The van der Waals surface area contributed by atoms with E-state index in [0.29, 0.717) is 41.0 Å². The highest BCUT2D eigenvalue weighted by Crippen LogP contribution is 2.27. The molecule has 2 aromatic heterocycles. The Hall–Kier alpha value is -3.19. The van der Waals surface area contributed by atoms with E-state index in [1.165, 1.54) is 35.0 Å². The predicted molar refractivity (Wildman–Crippen MR) is 136 cm³/mol. The van der Waals surface area contributed by atoms with Gasteiger partial charge in [-0.1, -0.05) is 11.6 Å². The lowest BCUT2D eigenvalue weighted by molar-refractivity contribution is -0.116. The highest BCUT2D eigenvalue weighted by Gasteiger charge is 2.24. The van der Waals surface area contributed by atoms with Crippen molar-refractivity contribution >= 4 is 44.7 Å². The van der Waals surface area contributed by atoms with Crippen molar-refractivity contribution in [1.82, 2.24) is 24.4 Å². The van der Waals surface area contributed by atoms with Gasteiger partial charge in [-0.15, -0.1) is 0 Å². The van der Waals surface area contributed by atoms with Crippen molar-refractivity contribution in [3.63, 3.8) is 0 Å². The van der Waals surface area contributed by atoms with Crippen LogP contribution in [-0.2, 0) is 14.8 Å². The topological polar surface area (TPSA) is 120 Å². The highest BCUT2D eigenvalue weighted by atomic mass is 35.5. The van der Waals surface area contributed by atoms with Gasteiger partial charge in [0.1, 0.15) is 11.6 Å². The van der Waals surface area contributed by atoms with E-state index in [2.05, 4.69) is 25.8 Å². The molecule has 0 aliphatic carbocycles. The van der Waals surface area contributed by atoms with E-state index < -0.39 is 15.8 Å². The molecule has 1 aliphatic heterocycles. The van der Waals surface area contributed by atoms with Gasteiger partial charge >= 0.3 is 0 Å². The second-order valence-electron chi connectivity index (χ2n) is 8.36. The first-order valence-corrected chi connectivity index (χ1v) is 13.4. The van der Waals surface area contributed by atoms with Crippen LogP contribution in [0.2, 0.25) is 5.02 Å². The molecule has 0 radical (unpaired) electrons. The molecule has 3 heterocycles. The summed E-state index contributed by atoms with van der Waals surface area (Å²) in [6, 6.07) is 9.21. The SMILES string of the molecule is CS(=O)(=O)N1CCCN(CCC(=O)Nc2cc(Nc3cnnc(-c4cc(Cl)ccc4F)c3)ccn2)C1. The number of halogens is 2. The molecule has 1 aromatic carbocycles. The van der Waals surface area contributed by atoms with Gasteiger partial charge in [0.25, 0.3) is 0 Å². The largest absolute Gasteiger partial charge is 0.354 e. The Kier molecular flexibility index (Phi) is 8.09. The number of rotatable bonds is 8. The Morgan fingerprint density at radius 1 is 1.17 bits per heavy atom. The third kappa shape index (κ3) is 6.94. The molecule has 1 saturated heterocycles. The molecular weight excluding hydrogens is 509 g/mol. The number of benzene rings is 1. The zero-order valence-electron chi connectivity index (χ0n) is 19.5. The molecule has 36 heavy (non-hydrogen) atoms. The van der Waals surface area contributed by atoms with Crippen LogP contribution in [-0.4, -0.2) is 71.3 Å². The first-order valence-electron chi connectivity index (χ1n) is 11.2. The van der Waals surface area contributed by atoms with Crippen LogP contribution in [0.25, 0.3) is 11.3 Å². The summed E-state index contributed by atoms with van der Waals surface area (Å²) in [5, 5.41) is 14.2. The van der Waals surface area contributed by atoms with Gasteiger partial charge in [-0.2, -0.15) is 14.5 Å². The van der Waals surface area contributed by atoms with Gasteiger partial charge in [-0.05, 0) is 36.8 Å². The molecule has 10 nitrogen and oxygen atoms in total. The van der Waals surface area contributed by atoms with Crippen LogP contribution in [0.3, 0.4) is 0 Å². The average Bonchev–Trinajstić information content (AvgIpc) is 2.84. The number of sulfonamides is 1. The number of aromatic nitrogens is 3. The molecule has 2 N–H and O–H groups in total. The van der Waals surface area contributed by atoms with Crippen LogP contribution in [0, 0.1) is 5.82 Å². The minimum absolute atomic E-state index is 0.194. The molecule has 13 heteroatoms. The van der Waals surface area contributed by atoms with Crippen molar-refractivity contribution < 1.29 is 17.6 Å². The van der Waals surface area contributed by atoms with Crippen LogP contribution in [0.1, 0.15) is 12.8 Å². The second-order valence-corrected chi connectivity index (χ2v) is 10.8. The Labute approximate surface area is 213 Å². The van der Waals surface area contributed by atoms with Crippen LogP contribution < -0.4 is 10.6 Å². The maximum absolute atomic E-state index is 14.2. The van der Waals surface area contributed by atoms with Crippen LogP contribution in [0.15, 0.2) is 48.8 Å². The monoisotopic (exact) mass is 533 g/mol. The van der Waals surface area contributed by atoms with E-state index in [1.807, 2.05) is 4.90 Å². The summed E-state index contributed by atoms with van der Waals surface area (Å²) in [7, 11) is -3.26. The van der Waals surface area contributed by atoms with Crippen LogP contribution in [0.4, 0.5) is 21.6 Å². The molecule has 1 aliphatic rings. The molecule has 0 spiro atoms. The molecule has 1 amide bonds. The van der Waals surface area contributed by atoms with Gasteiger partial charge < -0.3 is 10.6 Å². The smallest absolute Gasteiger partial charge is 0.226 e. The van der Waals surface area contributed by atoms with Crippen molar-refractivity contribution in [2.45, 2.75) is 12.8 Å². The van der Waals surface area contributed by atoms with Gasteiger partial charge in [0, 0.05) is 54.6 Å². The normalized spacial score (nSPS) is 15.0. The quantitative estimate of drug-likeness (QED) is 0.452. The number of hydrogen-bond acceptors (Lipinski definition) is 8. The Bertz CT molecular complexity index is 1360. The maximum Gasteiger partial charge on any atom is 0.226 e. The summed E-state index contributed by atoms with van der Waals surface area (Å²) < 4.78 is 39.2. The molecule has 3 aromatic rings. The number of nitrogens with zero attached hydrogens (tertiary/aromatic N) is 5. The Balaban J connectivity index is 1.36. The number of carbonyl (C=O) groups excluding carboxylic acids is 1. The lowest BCUT2D eigenvalue weighted by atomic mass is 10.1. The third-order valence-electron chi connectivity index (χ3n) is 5.54. The summed E-state index contributed by atoms with van der Waals surface area (Å²) in [6.07, 6.45) is 5.13. The molecule has 0 unspecified atom stereocenters. The van der Waals surface area contributed by atoms with E-state index in [1.54, 1.807) is 24.4 Å². The molecule has 0 bridgehead atoms. The zero-order valence-corrected chi connectivity index (χ0v) is 21.1. The average molecular weight is 534 g/mol. The minimum Gasteiger partial charge on any atom is -0.354 e. The van der Waals surface area contributed by atoms with Gasteiger partial charge in [0.05, 0.1) is 30.5 Å². The second kappa shape index (κ2) is 11.2. The van der Waals surface area contributed by atoms with Crippen molar-refractivity contribution in [1.29, 1.82) is 0 Å². The lowest BCUT2D eigenvalue weighted by Crippen LogP contribution is -2.47. The molecular formula is C23H25ClFN7O3S. The van der Waals surface area contributed by atoms with E-state index >= 15 is 0 Å². The molecule has 1 fully saturated rings. The van der Waals surface area contributed by atoms with E-state index in [-0.39, 0.29) is 24.6 Å². The lowest BCUT2D eigenvalue weighted by Gasteiger charge is -2.33. The number of carbonyl (C=O) groups is 1. The fourth-order valence-electron chi connectivity index (χ4n) is 3.76. The van der Waals surface area contributed by atoms with E-state index in [9.17, 15) is 17.6 Å². The first-order chi connectivity index (χ1) is 17.2. The van der Waals surface area contributed by atoms with Gasteiger partial charge in [-0.25, -0.2) is 17.8 Å². The maximum atomic E-state index is 14.2. The van der Waals surface area contributed by atoms with Crippen molar-refractivity contribution in [3.05, 3.63) is 59.6 Å². The fraction of sp³-hybridized carbons (Fsp3) is 0.304. The fourth-order valence-corrected chi connectivity index (χ4v) is 4.76. The van der Waals surface area contributed by atoms with Crippen LogP contribution >= 0.6 is 11.6 Å². The Morgan fingerprint density at radius 3 is 2.81 bits per heavy atom. The summed E-state index contributed by atoms with van der Waals surface area (Å²) in [5.41, 5.74) is 1.73. The minimum atomic E-state index is -3.26. The van der Waals surface area contributed by atoms with Crippen molar-refractivity contribution in [3.8, 4) is 11.3 Å². The van der Waals surface area contributed by atoms with Crippen LogP contribution in [0.5, 0.6) is 0 Å². The molecule has 0 atom stereocenters. The Morgan fingerprint density at radius 2 is 2.00 bits per heavy atom. The number of pyridine rings is 1. The summed E-state index contributed by atoms with van der Waals surface area (Å²) in [5.74, 6) is -0.349. The predicted octanol–water partition coefficient (Wildman–Crippen LogP) is 3.33. The third-order valence-corrected chi connectivity index (χ3v) is 7.01. The van der Waals surface area contributed by atoms with Gasteiger partial charge in [0.15, 0.2) is 0 Å². The first kappa shape index (κ1) is 25.9. The molecule has 190 valence electrons. The van der Waals surface area contributed by atoms with Gasteiger partial charge in [-0.3, -0.25) is 9.69 Å². The summed E-state index contributed by atoms with van der Waals surface area (Å²) in [4.78, 5) is 18.6. The molecule has 4 rings (SSSR count). The molecule has 0 saturated carbocycles. The highest BCUT2D eigenvalue weighted by molar-refractivity contribution is 7.88. The number of nitrogens with one attached hydrogen (secondary N) is 2. The number of hydrogen-bond donors (Lipinski definition) is 2. The summed E-state index contributed by atoms with van der Waals surface area (Å²) in [6.45, 7) is 1.94. The number of amides is 1. The number of anilines is 3. The summed E-state index contributed by atoms with van der Waals surface area (Å²) >= 11 is 5.99. The van der Waals surface area contributed by atoms with Crippen molar-refractivity contribution in [2.75, 3.05) is 43.2 Å². The van der Waals surface area contributed by atoms with Gasteiger partial charge in [0.2, 0.25) is 15.9 Å².